The van der Waals surface area contributed by atoms with Gasteiger partial charge in [0.1, 0.15) is 7.05 Å². The second-order valence-corrected chi connectivity index (χ2v) is 14.1. The van der Waals surface area contributed by atoms with Gasteiger partial charge in [-0.1, -0.05) is 91.7 Å². The van der Waals surface area contributed by atoms with Crippen LogP contribution in [-0.4, -0.2) is 24.4 Å². The van der Waals surface area contributed by atoms with Crippen molar-refractivity contribution >= 4 is 50.2 Å². The molecule has 1 aliphatic carbocycles. The maximum absolute atomic E-state index is 7.21. The van der Waals surface area contributed by atoms with Crippen LogP contribution in [-0.2, 0) is 10.8 Å². The Labute approximate surface area is 261 Å². The zero-order chi connectivity index (χ0) is 30.1. The molecule has 3 heteroatoms. The minimum absolute atomic E-state index is 0.0203. The van der Waals surface area contributed by atoms with Gasteiger partial charge in [0.25, 0.3) is 0 Å². The van der Waals surface area contributed by atoms with E-state index in [0.717, 1.165) is 37.1 Å². The fraction of sp³-hybridized carbons (Fsp3) is 0.325. The number of nitrogens with zero attached hydrogens (tertiary/aromatic N) is 2. The number of rotatable bonds is 4. The molecule has 0 radical (unpaired) electrons. The van der Waals surface area contributed by atoms with E-state index >= 15 is 0 Å². The van der Waals surface area contributed by atoms with E-state index in [1.165, 1.54) is 66.6 Å². The van der Waals surface area contributed by atoms with E-state index in [4.69, 9.17) is 11.6 Å². The minimum atomic E-state index is -0.0931. The first kappa shape index (κ1) is 28.2. The van der Waals surface area contributed by atoms with E-state index in [2.05, 4.69) is 136 Å². The Morgan fingerprint density at radius 1 is 0.767 bits per heavy atom. The molecule has 4 aromatic carbocycles. The molecule has 2 aliphatic heterocycles. The first-order valence-corrected chi connectivity index (χ1v) is 16.2. The van der Waals surface area contributed by atoms with E-state index in [0.29, 0.717) is 0 Å². The standard InChI is InChI=1S/C40H42ClN2/c1-39(2)34(42(5)32-22-18-26-12-7-9-16-30(26)36(32)39)24-20-28-14-11-15-29(38(28)41)21-25-35-40(3,4)37-31-17-10-8-13-27(31)19-23-33(37)43(35)6/h7-10,12-13,16-20,22-24H,11,14-15,21,25H2,1-6H3/q+1. The van der Waals surface area contributed by atoms with Crippen molar-refractivity contribution in [2.75, 3.05) is 19.0 Å². The summed E-state index contributed by atoms with van der Waals surface area (Å²) >= 11 is 7.21. The van der Waals surface area contributed by atoms with Crippen molar-refractivity contribution in [1.29, 1.82) is 0 Å². The smallest absolute Gasteiger partial charge is 0.209 e. The number of likely N-dealkylation sites (N-methyl/N-ethyl adjacent to an activating group) is 1. The number of fused-ring (bicyclic) bond motifs is 6. The number of hydrogen-bond acceptors (Lipinski definition) is 1. The molecule has 0 saturated carbocycles. The van der Waals surface area contributed by atoms with Gasteiger partial charge in [-0.2, -0.15) is 0 Å². The number of halogens is 1. The Bertz CT molecular complexity index is 1930. The van der Waals surface area contributed by atoms with Crippen LogP contribution in [0.25, 0.3) is 21.5 Å². The van der Waals surface area contributed by atoms with Crippen LogP contribution in [0.2, 0.25) is 0 Å². The molecule has 3 aliphatic rings. The van der Waals surface area contributed by atoms with Gasteiger partial charge in [0.2, 0.25) is 5.69 Å². The van der Waals surface area contributed by atoms with Crippen molar-refractivity contribution in [3.63, 3.8) is 0 Å². The molecule has 0 atom stereocenters. The highest BCUT2D eigenvalue weighted by atomic mass is 35.5. The average Bonchev–Trinajstić information content (AvgIpc) is 3.33. The third-order valence-corrected chi connectivity index (χ3v) is 11.0. The molecule has 0 N–H and O–H groups in total. The van der Waals surface area contributed by atoms with Crippen molar-refractivity contribution in [2.45, 2.75) is 70.6 Å². The lowest BCUT2D eigenvalue weighted by Gasteiger charge is -2.25. The van der Waals surface area contributed by atoms with Gasteiger partial charge >= 0.3 is 0 Å². The fourth-order valence-electron chi connectivity index (χ4n) is 8.36. The minimum Gasteiger partial charge on any atom is -0.347 e. The molecule has 4 aromatic rings. The maximum atomic E-state index is 7.21. The van der Waals surface area contributed by atoms with E-state index in [-0.39, 0.29) is 10.8 Å². The zero-order valence-electron chi connectivity index (χ0n) is 26.4. The highest BCUT2D eigenvalue weighted by Crippen LogP contribution is 2.50. The van der Waals surface area contributed by atoms with Gasteiger partial charge in [0, 0.05) is 46.9 Å². The molecule has 0 fully saturated rings. The van der Waals surface area contributed by atoms with Gasteiger partial charge in [-0.15, -0.1) is 0 Å². The van der Waals surface area contributed by atoms with Gasteiger partial charge in [0.05, 0.1) is 5.41 Å². The summed E-state index contributed by atoms with van der Waals surface area (Å²) in [5.41, 5.74) is 10.9. The number of benzene rings is 4. The SMILES string of the molecule is CN1C(=CC=C2CCCC(CCC3=[N+](C)c4ccc5ccccc5c4C3(C)C)=C2Cl)C(C)(C)c2c1ccc1ccccc21. The quantitative estimate of drug-likeness (QED) is 0.216. The monoisotopic (exact) mass is 585 g/mol. The molecule has 2 nitrogen and oxygen atoms in total. The third kappa shape index (κ3) is 4.32. The molecule has 0 aromatic heterocycles. The first-order valence-electron chi connectivity index (χ1n) is 15.8. The number of hydrogen-bond donors (Lipinski definition) is 0. The summed E-state index contributed by atoms with van der Waals surface area (Å²) in [6.07, 6.45) is 9.94. The molecule has 0 spiro atoms. The van der Waals surface area contributed by atoms with Gasteiger partial charge in [-0.25, -0.2) is 4.58 Å². The molecule has 0 bridgehead atoms. The van der Waals surface area contributed by atoms with Crippen molar-refractivity contribution in [1.82, 2.24) is 0 Å². The summed E-state index contributed by atoms with van der Waals surface area (Å²) < 4.78 is 2.44. The molecule has 0 amide bonds. The van der Waals surface area contributed by atoms with Crippen LogP contribution < -0.4 is 4.90 Å². The normalized spacial score (nSPS) is 21.0. The van der Waals surface area contributed by atoms with Gasteiger partial charge in [0.15, 0.2) is 5.71 Å². The van der Waals surface area contributed by atoms with E-state index in [1.54, 1.807) is 0 Å². The fourth-order valence-corrected chi connectivity index (χ4v) is 8.70. The topological polar surface area (TPSA) is 6.25 Å². The first-order chi connectivity index (χ1) is 20.6. The van der Waals surface area contributed by atoms with Crippen molar-refractivity contribution in [3.05, 3.63) is 118 Å². The molecule has 43 heavy (non-hydrogen) atoms. The molecule has 2 heterocycles. The van der Waals surface area contributed by atoms with E-state index in [9.17, 15) is 0 Å². The molecule has 218 valence electrons. The van der Waals surface area contributed by atoms with Crippen molar-refractivity contribution in [2.24, 2.45) is 0 Å². The van der Waals surface area contributed by atoms with Crippen LogP contribution in [0.1, 0.15) is 70.9 Å². The Hall–Kier alpha value is -3.62. The molecular formula is C40H42ClN2+. The van der Waals surface area contributed by atoms with Gasteiger partial charge < -0.3 is 4.90 Å². The summed E-state index contributed by atoms with van der Waals surface area (Å²) in [5, 5.41) is 6.33. The number of allylic oxidation sites excluding steroid dienone is 6. The van der Waals surface area contributed by atoms with Crippen molar-refractivity contribution < 1.29 is 4.58 Å². The molecule has 7 rings (SSSR count). The Kier molecular flexibility index (Phi) is 6.71. The summed E-state index contributed by atoms with van der Waals surface area (Å²) in [7, 11) is 4.45. The summed E-state index contributed by atoms with van der Waals surface area (Å²) in [6, 6.07) is 26.7. The lowest BCUT2D eigenvalue weighted by atomic mass is 9.77. The molecule has 0 unspecified atom stereocenters. The maximum Gasteiger partial charge on any atom is 0.209 e. The third-order valence-electron chi connectivity index (χ3n) is 10.5. The van der Waals surface area contributed by atoms with E-state index in [1.807, 2.05) is 0 Å². The predicted molar refractivity (Wildman–Crippen MR) is 185 cm³/mol. The summed E-state index contributed by atoms with van der Waals surface area (Å²) in [5.74, 6) is 0. The van der Waals surface area contributed by atoms with Gasteiger partial charge in [-0.3, -0.25) is 0 Å². The summed E-state index contributed by atoms with van der Waals surface area (Å²) in [6.45, 7) is 9.50. The van der Waals surface area contributed by atoms with Crippen LogP contribution in [0.15, 0.2) is 107 Å². The van der Waals surface area contributed by atoms with Gasteiger partial charge in [-0.05, 0) is 90.4 Å². The zero-order valence-corrected chi connectivity index (χ0v) is 27.1. The van der Waals surface area contributed by atoms with Crippen LogP contribution in [0, 0.1) is 0 Å². The molecule has 0 saturated heterocycles. The Morgan fingerprint density at radius 3 is 2.14 bits per heavy atom. The largest absolute Gasteiger partial charge is 0.347 e. The highest BCUT2D eigenvalue weighted by molar-refractivity contribution is 6.32. The van der Waals surface area contributed by atoms with E-state index < -0.39 is 0 Å². The second-order valence-electron chi connectivity index (χ2n) is 13.7. The van der Waals surface area contributed by atoms with Crippen LogP contribution in [0.4, 0.5) is 11.4 Å². The lowest BCUT2D eigenvalue weighted by Crippen LogP contribution is -2.28. The van der Waals surface area contributed by atoms with Crippen molar-refractivity contribution in [3.8, 4) is 0 Å². The molecular weight excluding hydrogens is 544 g/mol. The Balaban J connectivity index is 1.17. The second kappa shape index (κ2) is 10.2. The van der Waals surface area contributed by atoms with Crippen LogP contribution in [0.5, 0.6) is 0 Å². The van der Waals surface area contributed by atoms with Crippen LogP contribution in [0.3, 0.4) is 0 Å². The number of anilines is 1. The highest BCUT2D eigenvalue weighted by Gasteiger charge is 2.45. The lowest BCUT2D eigenvalue weighted by molar-refractivity contribution is -0.403. The predicted octanol–water partition coefficient (Wildman–Crippen LogP) is 10.7. The van der Waals surface area contributed by atoms with Crippen LogP contribution >= 0.6 is 11.6 Å². The summed E-state index contributed by atoms with van der Waals surface area (Å²) in [4.78, 5) is 2.37. The average molecular weight is 586 g/mol. The Morgan fingerprint density at radius 2 is 1.42 bits per heavy atom.